The highest BCUT2D eigenvalue weighted by Gasteiger charge is 2.31. The molecule has 88 valence electrons. The number of nitrogens with one attached hydrogen (secondary N) is 1. The number of methoxy groups -OCH3 is 1. The third-order valence-corrected chi connectivity index (χ3v) is 3.96. The van der Waals surface area contributed by atoms with E-state index in [-0.39, 0.29) is 0 Å². The van der Waals surface area contributed by atoms with Crippen molar-refractivity contribution in [1.29, 1.82) is 0 Å². The number of ether oxygens (including phenoxy) is 1. The van der Waals surface area contributed by atoms with Gasteiger partial charge in [-0.25, -0.2) is 0 Å². The molecule has 1 unspecified atom stereocenters. The largest absolute Gasteiger partial charge is 0.383 e. The van der Waals surface area contributed by atoms with Crippen LogP contribution in [0.4, 0.5) is 5.69 Å². The summed E-state index contributed by atoms with van der Waals surface area (Å²) in [5.74, 6) is 0.774. The Balaban J connectivity index is 2.05. The Morgan fingerprint density at radius 3 is 2.75 bits per heavy atom. The zero-order chi connectivity index (χ0) is 11.5. The summed E-state index contributed by atoms with van der Waals surface area (Å²) >= 11 is 7.01. The van der Waals surface area contributed by atoms with Crippen molar-refractivity contribution < 1.29 is 4.74 Å². The second kappa shape index (κ2) is 5.52. The van der Waals surface area contributed by atoms with Crippen LogP contribution in [0.3, 0.4) is 0 Å². The molecular weight excluding hydrogens is 334 g/mol. The molecule has 2 nitrogen and oxygen atoms in total. The standard InChI is InChI=1S/C12H15Br2NO/c1-16-7-12(8-2-3-8)15-11-5-4-9(13)6-10(11)14/h4-6,8,12,15H,2-3,7H2,1H3. The molecule has 1 aliphatic carbocycles. The minimum absolute atomic E-state index is 0.433. The van der Waals surface area contributed by atoms with Crippen molar-refractivity contribution in [3.63, 3.8) is 0 Å². The lowest BCUT2D eigenvalue weighted by Crippen LogP contribution is -2.27. The quantitative estimate of drug-likeness (QED) is 0.866. The van der Waals surface area contributed by atoms with Crippen molar-refractivity contribution in [2.75, 3.05) is 19.0 Å². The molecule has 0 bridgehead atoms. The Labute approximate surface area is 113 Å². The van der Waals surface area contributed by atoms with Gasteiger partial charge in [-0.1, -0.05) is 15.9 Å². The first-order valence-electron chi connectivity index (χ1n) is 5.41. The van der Waals surface area contributed by atoms with E-state index in [1.165, 1.54) is 12.8 Å². The summed E-state index contributed by atoms with van der Waals surface area (Å²) in [6, 6.07) is 6.62. The molecule has 2 rings (SSSR count). The summed E-state index contributed by atoms with van der Waals surface area (Å²) in [6.45, 7) is 0.771. The zero-order valence-electron chi connectivity index (χ0n) is 9.17. The van der Waals surface area contributed by atoms with Crippen molar-refractivity contribution >= 4 is 37.5 Å². The smallest absolute Gasteiger partial charge is 0.0666 e. The molecule has 0 spiro atoms. The van der Waals surface area contributed by atoms with Gasteiger partial charge in [0.25, 0.3) is 0 Å². The Morgan fingerprint density at radius 1 is 1.44 bits per heavy atom. The Bertz CT molecular complexity index is 366. The normalized spacial score (nSPS) is 17.2. The number of anilines is 1. The van der Waals surface area contributed by atoms with Gasteiger partial charge in [0.1, 0.15) is 0 Å². The topological polar surface area (TPSA) is 21.3 Å². The average molecular weight is 349 g/mol. The molecule has 0 saturated heterocycles. The van der Waals surface area contributed by atoms with E-state index in [1.54, 1.807) is 7.11 Å². The van der Waals surface area contributed by atoms with Gasteiger partial charge >= 0.3 is 0 Å². The van der Waals surface area contributed by atoms with Crippen LogP contribution >= 0.6 is 31.9 Å². The van der Waals surface area contributed by atoms with Crippen LogP contribution in [-0.4, -0.2) is 19.8 Å². The molecule has 0 amide bonds. The lowest BCUT2D eigenvalue weighted by molar-refractivity contribution is 0.179. The highest BCUT2D eigenvalue weighted by atomic mass is 79.9. The molecule has 1 N–H and O–H groups in total. The molecule has 0 heterocycles. The SMILES string of the molecule is COCC(Nc1ccc(Br)cc1Br)C1CC1. The van der Waals surface area contributed by atoms with Crippen molar-refractivity contribution in [2.45, 2.75) is 18.9 Å². The maximum absolute atomic E-state index is 5.25. The second-order valence-corrected chi connectivity index (χ2v) is 5.94. The lowest BCUT2D eigenvalue weighted by atomic mass is 10.2. The second-order valence-electron chi connectivity index (χ2n) is 4.17. The van der Waals surface area contributed by atoms with Gasteiger partial charge in [0, 0.05) is 21.7 Å². The number of hydrogen-bond acceptors (Lipinski definition) is 2. The summed E-state index contributed by atoms with van der Waals surface area (Å²) in [4.78, 5) is 0. The molecule has 1 aromatic carbocycles. The van der Waals surface area contributed by atoms with Gasteiger partial charge in [-0.2, -0.15) is 0 Å². The summed E-state index contributed by atoms with van der Waals surface area (Å²) in [7, 11) is 1.76. The number of hydrogen-bond donors (Lipinski definition) is 1. The molecule has 1 aromatic rings. The van der Waals surface area contributed by atoms with Crippen LogP contribution in [0.2, 0.25) is 0 Å². The van der Waals surface area contributed by atoms with Gasteiger partial charge in [0.15, 0.2) is 0 Å². The molecule has 1 fully saturated rings. The van der Waals surface area contributed by atoms with Gasteiger partial charge in [0.2, 0.25) is 0 Å². The van der Waals surface area contributed by atoms with Crippen molar-refractivity contribution in [1.82, 2.24) is 0 Å². The van der Waals surface area contributed by atoms with Gasteiger partial charge in [0.05, 0.1) is 12.6 Å². The predicted octanol–water partition coefficient (Wildman–Crippen LogP) is 4.05. The Kier molecular flexibility index (Phi) is 4.27. The van der Waals surface area contributed by atoms with Gasteiger partial charge in [-0.05, 0) is 52.9 Å². The first kappa shape index (κ1) is 12.4. The minimum Gasteiger partial charge on any atom is -0.383 e. The Hall–Kier alpha value is -0.0600. The van der Waals surface area contributed by atoms with Gasteiger partial charge in [-0.15, -0.1) is 0 Å². The fraction of sp³-hybridized carbons (Fsp3) is 0.500. The summed E-state index contributed by atoms with van der Waals surface area (Å²) < 4.78 is 7.42. The third kappa shape index (κ3) is 3.22. The van der Waals surface area contributed by atoms with Gasteiger partial charge < -0.3 is 10.1 Å². The van der Waals surface area contributed by atoms with E-state index in [0.29, 0.717) is 6.04 Å². The van der Waals surface area contributed by atoms with Crippen LogP contribution in [-0.2, 0) is 4.74 Å². The van der Waals surface area contributed by atoms with Crippen LogP contribution < -0.4 is 5.32 Å². The molecule has 4 heteroatoms. The minimum atomic E-state index is 0.433. The average Bonchev–Trinajstić information content (AvgIpc) is 3.04. The highest BCUT2D eigenvalue weighted by Crippen LogP contribution is 2.36. The summed E-state index contributed by atoms with van der Waals surface area (Å²) in [6.07, 6.45) is 2.63. The zero-order valence-corrected chi connectivity index (χ0v) is 12.3. The fourth-order valence-electron chi connectivity index (χ4n) is 1.78. The van der Waals surface area contributed by atoms with E-state index in [1.807, 2.05) is 6.07 Å². The number of benzene rings is 1. The maximum Gasteiger partial charge on any atom is 0.0666 e. The predicted molar refractivity (Wildman–Crippen MR) is 73.9 cm³/mol. The third-order valence-electron chi connectivity index (χ3n) is 2.81. The molecule has 0 radical (unpaired) electrons. The van der Waals surface area contributed by atoms with E-state index in [2.05, 4.69) is 49.3 Å². The van der Waals surface area contributed by atoms with E-state index in [0.717, 1.165) is 27.2 Å². The lowest BCUT2D eigenvalue weighted by Gasteiger charge is -2.19. The highest BCUT2D eigenvalue weighted by molar-refractivity contribution is 9.11. The summed E-state index contributed by atoms with van der Waals surface area (Å²) in [5, 5.41) is 3.54. The van der Waals surface area contributed by atoms with E-state index >= 15 is 0 Å². The summed E-state index contributed by atoms with van der Waals surface area (Å²) in [5.41, 5.74) is 1.14. The van der Waals surface area contributed by atoms with Crippen molar-refractivity contribution in [3.05, 3.63) is 27.1 Å². The van der Waals surface area contributed by atoms with Crippen LogP contribution in [0.1, 0.15) is 12.8 Å². The van der Waals surface area contributed by atoms with E-state index in [4.69, 9.17) is 4.74 Å². The van der Waals surface area contributed by atoms with Crippen LogP contribution in [0.5, 0.6) is 0 Å². The van der Waals surface area contributed by atoms with Crippen molar-refractivity contribution in [3.8, 4) is 0 Å². The van der Waals surface area contributed by atoms with Crippen LogP contribution in [0, 0.1) is 5.92 Å². The molecule has 1 aliphatic rings. The molecule has 16 heavy (non-hydrogen) atoms. The molecule has 1 atom stereocenters. The van der Waals surface area contributed by atoms with E-state index < -0.39 is 0 Å². The van der Waals surface area contributed by atoms with Gasteiger partial charge in [-0.3, -0.25) is 0 Å². The first-order chi connectivity index (χ1) is 7.70. The number of rotatable bonds is 5. The molecule has 0 aromatic heterocycles. The number of halogens is 2. The van der Waals surface area contributed by atoms with Crippen LogP contribution in [0.25, 0.3) is 0 Å². The Morgan fingerprint density at radius 2 is 2.19 bits per heavy atom. The van der Waals surface area contributed by atoms with E-state index in [9.17, 15) is 0 Å². The fourth-order valence-corrected chi connectivity index (χ4v) is 2.94. The molecule has 0 aliphatic heterocycles. The monoisotopic (exact) mass is 347 g/mol. The van der Waals surface area contributed by atoms with Crippen molar-refractivity contribution in [2.24, 2.45) is 5.92 Å². The molecular formula is C12H15Br2NO. The maximum atomic E-state index is 5.25. The molecule has 1 saturated carbocycles. The van der Waals surface area contributed by atoms with Crippen LogP contribution in [0.15, 0.2) is 27.1 Å². The first-order valence-corrected chi connectivity index (χ1v) is 7.00.